The maximum atomic E-state index is 6.13. The van der Waals surface area contributed by atoms with Gasteiger partial charge in [0.15, 0.2) is 11.5 Å². The van der Waals surface area contributed by atoms with Gasteiger partial charge in [-0.1, -0.05) is 17.7 Å². The molecule has 2 aromatic rings. The number of hydrogen-bond donors (Lipinski definition) is 1. The van der Waals surface area contributed by atoms with Gasteiger partial charge >= 0.3 is 0 Å². The Morgan fingerprint density at radius 3 is 2.88 bits per heavy atom. The number of hydrogen-bond acceptors (Lipinski definition) is 4. The van der Waals surface area contributed by atoms with Gasteiger partial charge in [-0.15, -0.1) is 0 Å². The van der Waals surface area contributed by atoms with E-state index in [-0.39, 0.29) is 12.1 Å². The Morgan fingerprint density at radius 2 is 2.12 bits per heavy atom. The van der Waals surface area contributed by atoms with Gasteiger partial charge in [0.2, 0.25) is 0 Å². The van der Waals surface area contributed by atoms with Crippen molar-refractivity contribution in [2.24, 2.45) is 5.92 Å². The molecule has 0 aliphatic carbocycles. The van der Waals surface area contributed by atoms with Crippen LogP contribution in [0.2, 0.25) is 0 Å². The van der Waals surface area contributed by atoms with Gasteiger partial charge < -0.3 is 19.5 Å². The molecule has 138 valence electrons. The number of benzene rings is 2. The van der Waals surface area contributed by atoms with Crippen molar-refractivity contribution in [1.82, 2.24) is 0 Å². The van der Waals surface area contributed by atoms with E-state index in [4.69, 9.17) is 14.2 Å². The molecule has 5 heteroatoms. The van der Waals surface area contributed by atoms with E-state index in [1.54, 1.807) is 7.11 Å². The zero-order valence-corrected chi connectivity index (χ0v) is 16.9. The molecule has 2 heterocycles. The summed E-state index contributed by atoms with van der Waals surface area (Å²) in [7, 11) is 1.68. The Bertz CT molecular complexity index is 823. The highest BCUT2D eigenvalue weighted by Gasteiger charge is 2.41. The van der Waals surface area contributed by atoms with Crippen molar-refractivity contribution < 1.29 is 14.2 Å². The lowest BCUT2D eigenvalue weighted by molar-refractivity contribution is 0.0828. The van der Waals surface area contributed by atoms with E-state index in [0.717, 1.165) is 34.7 Å². The molecule has 2 aliphatic rings. The minimum absolute atomic E-state index is 0.146. The Labute approximate surface area is 163 Å². The second kappa shape index (κ2) is 7.12. The Morgan fingerprint density at radius 1 is 1.27 bits per heavy atom. The van der Waals surface area contributed by atoms with Crippen molar-refractivity contribution in [1.29, 1.82) is 0 Å². The van der Waals surface area contributed by atoms with Gasteiger partial charge in [0.1, 0.15) is 0 Å². The van der Waals surface area contributed by atoms with E-state index in [2.05, 4.69) is 58.5 Å². The number of methoxy groups -OCH3 is 1. The third-order valence-corrected chi connectivity index (χ3v) is 5.88. The van der Waals surface area contributed by atoms with Gasteiger partial charge in [-0.05, 0) is 60.0 Å². The van der Waals surface area contributed by atoms with E-state index in [0.29, 0.717) is 12.5 Å². The Balaban J connectivity index is 1.76. The number of aryl methyl sites for hydroxylation is 1. The van der Waals surface area contributed by atoms with E-state index < -0.39 is 0 Å². The van der Waals surface area contributed by atoms with Crippen LogP contribution in [0.1, 0.15) is 42.2 Å². The first kappa shape index (κ1) is 17.7. The van der Waals surface area contributed by atoms with Crippen LogP contribution < -0.4 is 14.8 Å². The van der Waals surface area contributed by atoms with Crippen LogP contribution in [0.5, 0.6) is 11.5 Å². The van der Waals surface area contributed by atoms with Gasteiger partial charge in [0, 0.05) is 23.8 Å². The largest absolute Gasteiger partial charge is 0.493 e. The molecule has 4 rings (SSSR count). The molecule has 0 amide bonds. The Kier molecular flexibility index (Phi) is 4.84. The lowest BCUT2D eigenvalue weighted by atomic mass is 9.80. The smallest absolute Gasteiger partial charge is 0.175 e. The lowest BCUT2D eigenvalue weighted by Crippen LogP contribution is -2.29. The van der Waals surface area contributed by atoms with Crippen molar-refractivity contribution >= 4 is 21.6 Å². The maximum Gasteiger partial charge on any atom is 0.175 e. The summed E-state index contributed by atoms with van der Waals surface area (Å²) in [4.78, 5) is 0. The van der Waals surface area contributed by atoms with Crippen LogP contribution in [0.25, 0.3) is 0 Å². The highest BCUT2D eigenvalue weighted by Crippen LogP contribution is 2.51. The molecule has 1 N–H and O–H groups in total. The van der Waals surface area contributed by atoms with Crippen LogP contribution in [0.15, 0.2) is 34.8 Å². The predicted molar refractivity (Wildman–Crippen MR) is 106 cm³/mol. The van der Waals surface area contributed by atoms with Crippen molar-refractivity contribution in [2.45, 2.75) is 32.4 Å². The van der Waals surface area contributed by atoms with Gasteiger partial charge in [0.05, 0.1) is 30.3 Å². The average Bonchev–Trinajstić information content (AvgIpc) is 3.13. The molecule has 0 spiro atoms. The second-order valence-electron chi connectivity index (χ2n) is 6.92. The molecular formula is C21H24BrNO3. The molecule has 3 atom stereocenters. The van der Waals surface area contributed by atoms with Gasteiger partial charge in [-0.25, -0.2) is 0 Å². The van der Waals surface area contributed by atoms with Gasteiger partial charge in [-0.2, -0.15) is 0 Å². The number of fused-ring (bicyclic) bond motifs is 3. The monoisotopic (exact) mass is 417 g/mol. The first-order valence-electron chi connectivity index (χ1n) is 9.11. The molecule has 2 aliphatic heterocycles. The molecule has 4 nitrogen and oxygen atoms in total. The zero-order chi connectivity index (χ0) is 18.3. The summed E-state index contributed by atoms with van der Waals surface area (Å²) in [6.07, 6.45) is 1.19. The molecule has 0 radical (unpaired) electrons. The second-order valence-corrected chi connectivity index (χ2v) is 7.78. The van der Waals surface area contributed by atoms with E-state index in [1.807, 2.05) is 6.92 Å². The number of rotatable bonds is 4. The zero-order valence-electron chi connectivity index (χ0n) is 15.3. The first-order chi connectivity index (χ1) is 12.6. The number of nitrogens with one attached hydrogen (secondary N) is 1. The topological polar surface area (TPSA) is 39.7 Å². The lowest BCUT2D eigenvalue weighted by Gasteiger charge is -2.37. The van der Waals surface area contributed by atoms with Gasteiger partial charge in [-0.3, -0.25) is 0 Å². The summed E-state index contributed by atoms with van der Waals surface area (Å²) in [5.74, 6) is 1.91. The molecule has 1 saturated heterocycles. The fourth-order valence-corrected chi connectivity index (χ4v) is 4.70. The summed E-state index contributed by atoms with van der Waals surface area (Å²) < 4.78 is 18.4. The third-order valence-electron chi connectivity index (χ3n) is 5.29. The Hall–Kier alpha value is -1.72. The number of anilines is 1. The van der Waals surface area contributed by atoms with Crippen LogP contribution in [0.4, 0.5) is 5.69 Å². The maximum absolute atomic E-state index is 6.13. The number of ether oxygens (including phenoxy) is 3. The fraction of sp³-hybridized carbons (Fsp3) is 0.429. The normalized spacial score (nSPS) is 23.8. The summed E-state index contributed by atoms with van der Waals surface area (Å²) in [6.45, 7) is 5.50. The summed E-state index contributed by atoms with van der Waals surface area (Å²) >= 11 is 3.66. The minimum Gasteiger partial charge on any atom is -0.493 e. The fourth-order valence-electron chi connectivity index (χ4n) is 4.13. The predicted octanol–water partition coefficient (Wildman–Crippen LogP) is 5.41. The highest BCUT2D eigenvalue weighted by atomic mass is 79.9. The SMILES string of the molecule is CCOc1c(Br)cc(C2Nc3ccc(C)cc3C3OCCC23)cc1OC. The molecule has 3 unspecified atom stereocenters. The van der Waals surface area contributed by atoms with Crippen LogP contribution >= 0.6 is 15.9 Å². The molecule has 0 saturated carbocycles. The first-order valence-corrected chi connectivity index (χ1v) is 9.90. The molecular weight excluding hydrogens is 394 g/mol. The molecule has 26 heavy (non-hydrogen) atoms. The summed E-state index contributed by atoms with van der Waals surface area (Å²) in [5.41, 5.74) is 4.89. The van der Waals surface area contributed by atoms with E-state index >= 15 is 0 Å². The molecule has 1 fully saturated rings. The van der Waals surface area contributed by atoms with Crippen LogP contribution in [0, 0.1) is 12.8 Å². The van der Waals surface area contributed by atoms with Crippen LogP contribution in [0.3, 0.4) is 0 Å². The van der Waals surface area contributed by atoms with Crippen molar-refractivity contribution in [3.8, 4) is 11.5 Å². The standard InChI is InChI=1S/C21H24BrNO3/c1-4-25-21-16(22)10-13(11-18(21)24-3)19-14-7-8-26-20(14)15-9-12(2)5-6-17(15)23-19/h5-6,9-11,14,19-20,23H,4,7-8H2,1-3H3. The average molecular weight is 418 g/mol. The number of halogens is 1. The highest BCUT2D eigenvalue weighted by molar-refractivity contribution is 9.10. The van der Waals surface area contributed by atoms with E-state index in [9.17, 15) is 0 Å². The van der Waals surface area contributed by atoms with Gasteiger partial charge in [0.25, 0.3) is 0 Å². The van der Waals surface area contributed by atoms with Crippen molar-refractivity contribution in [2.75, 3.05) is 25.6 Å². The third kappa shape index (κ3) is 2.97. The molecule has 2 aromatic carbocycles. The quantitative estimate of drug-likeness (QED) is 0.721. The summed E-state index contributed by atoms with van der Waals surface area (Å²) in [6, 6.07) is 11.0. The van der Waals surface area contributed by atoms with Crippen molar-refractivity contribution in [3.63, 3.8) is 0 Å². The van der Waals surface area contributed by atoms with Crippen LogP contribution in [-0.2, 0) is 4.74 Å². The van der Waals surface area contributed by atoms with E-state index in [1.165, 1.54) is 16.7 Å². The van der Waals surface area contributed by atoms with Crippen molar-refractivity contribution in [3.05, 3.63) is 51.5 Å². The molecule has 0 aromatic heterocycles. The molecule has 0 bridgehead atoms. The van der Waals surface area contributed by atoms with Crippen LogP contribution in [-0.4, -0.2) is 20.3 Å². The minimum atomic E-state index is 0.146. The summed E-state index contributed by atoms with van der Waals surface area (Å²) in [5, 5.41) is 3.74.